The number of primary amides is 1. The number of amides is 1. The monoisotopic (exact) mass is 215 g/mol. The zero-order valence-corrected chi connectivity index (χ0v) is 9.15. The quantitative estimate of drug-likeness (QED) is 0.726. The summed E-state index contributed by atoms with van der Waals surface area (Å²) in [5.74, 6) is -0.367. The van der Waals surface area contributed by atoms with Crippen molar-refractivity contribution in [2.45, 2.75) is 37.2 Å². The lowest BCUT2D eigenvalue weighted by Gasteiger charge is -2.09. The van der Waals surface area contributed by atoms with Gasteiger partial charge in [-0.3, -0.25) is 4.79 Å². The van der Waals surface area contributed by atoms with Crippen LogP contribution < -0.4 is 5.73 Å². The van der Waals surface area contributed by atoms with Gasteiger partial charge in [0.25, 0.3) is 0 Å². The molecule has 14 heavy (non-hydrogen) atoms. The van der Waals surface area contributed by atoms with Gasteiger partial charge in [-0.1, -0.05) is 11.8 Å². The maximum Gasteiger partial charge on any atom is 0.230 e. The molecule has 0 radical (unpaired) electrons. The van der Waals surface area contributed by atoms with Crippen LogP contribution in [0.5, 0.6) is 0 Å². The molecule has 1 rings (SSSR count). The number of carbonyl (C=O) groups excluding carboxylic acids is 1. The van der Waals surface area contributed by atoms with Gasteiger partial charge in [0.15, 0.2) is 0 Å². The van der Waals surface area contributed by atoms with Crippen molar-refractivity contribution in [3.8, 4) is 0 Å². The van der Waals surface area contributed by atoms with Crippen LogP contribution in [0.4, 0.5) is 0 Å². The molecule has 0 fully saturated rings. The number of rotatable bonds is 4. The normalized spacial score (nSPS) is 13.1. The summed E-state index contributed by atoms with van der Waals surface area (Å²) < 4.78 is 1.66. The smallest absolute Gasteiger partial charge is 0.230 e. The molecule has 0 aromatic carbocycles. The van der Waals surface area contributed by atoms with E-state index in [0.29, 0.717) is 5.16 Å². The predicted octanol–water partition coefficient (Wildman–Crippen LogP) is 0.220. The Morgan fingerprint density at radius 1 is 1.50 bits per heavy atom. The summed E-state index contributed by atoms with van der Waals surface area (Å²) in [4.78, 5) is 10.8. The van der Waals surface area contributed by atoms with Gasteiger partial charge in [-0.05, 0) is 31.2 Å². The van der Waals surface area contributed by atoms with Crippen molar-refractivity contribution in [3.05, 3.63) is 0 Å². The van der Waals surface area contributed by atoms with E-state index in [2.05, 4.69) is 15.5 Å². The molecule has 1 aromatic heterocycles. The third-order valence-corrected chi connectivity index (χ3v) is 2.70. The summed E-state index contributed by atoms with van der Waals surface area (Å²) in [5.41, 5.74) is 5.14. The Morgan fingerprint density at radius 3 is 2.64 bits per heavy atom. The molecule has 1 aromatic rings. The van der Waals surface area contributed by atoms with Crippen molar-refractivity contribution in [2.24, 2.45) is 5.73 Å². The van der Waals surface area contributed by atoms with Crippen molar-refractivity contribution in [1.29, 1.82) is 0 Å². The molecule has 0 unspecified atom stereocenters. The molecule has 0 spiro atoms. The fourth-order valence-electron chi connectivity index (χ4n) is 0.803. The number of hydrogen-bond acceptors (Lipinski definition) is 5. The van der Waals surface area contributed by atoms with Crippen LogP contribution in [0.2, 0.25) is 0 Å². The zero-order chi connectivity index (χ0) is 10.7. The van der Waals surface area contributed by atoms with Gasteiger partial charge in [0.2, 0.25) is 11.1 Å². The Kier molecular flexibility index (Phi) is 3.45. The first-order valence-electron chi connectivity index (χ1n) is 4.26. The fraction of sp³-hybridized carbons (Fsp3) is 0.714. The molecule has 7 heteroatoms. The molecule has 1 atom stereocenters. The molecular weight excluding hydrogens is 202 g/mol. The van der Waals surface area contributed by atoms with Crippen LogP contribution in [0.15, 0.2) is 5.16 Å². The number of nitrogens with two attached hydrogens (primary N) is 1. The largest absolute Gasteiger partial charge is 0.369 e. The van der Waals surface area contributed by atoms with Crippen molar-refractivity contribution in [1.82, 2.24) is 20.2 Å². The Bertz CT molecular complexity index is 324. The van der Waals surface area contributed by atoms with Crippen LogP contribution in [-0.4, -0.2) is 31.4 Å². The highest BCUT2D eigenvalue weighted by Gasteiger charge is 2.16. The van der Waals surface area contributed by atoms with Crippen molar-refractivity contribution < 1.29 is 4.79 Å². The van der Waals surface area contributed by atoms with E-state index in [1.54, 1.807) is 11.6 Å². The van der Waals surface area contributed by atoms with Crippen LogP contribution in [0, 0.1) is 0 Å². The number of nitrogens with zero attached hydrogens (tertiary/aromatic N) is 4. The minimum absolute atomic E-state index is 0.174. The molecule has 0 aliphatic rings. The third-order valence-electron chi connectivity index (χ3n) is 1.63. The minimum atomic E-state index is -0.367. The Hall–Kier alpha value is -1.11. The van der Waals surface area contributed by atoms with E-state index in [-0.39, 0.29) is 17.2 Å². The van der Waals surface area contributed by atoms with E-state index in [0.717, 1.165) is 0 Å². The standard InChI is InChI=1S/C7H13N5OS/c1-4(2)12-7(9-10-11-12)14-5(3)6(8)13/h4-5H,1-3H3,(H2,8,13)/t5-/m0/s1. The molecule has 0 aliphatic heterocycles. The van der Waals surface area contributed by atoms with Gasteiger partial charge in [0.1, 0.15) is 0 Å². The van der Waals surface area contributed by atoms with E-state index in [1.165, 1.54) is 11.8 Å². The molecule has 0 bridgehead atoms. The number of thioether (sulfide) groups is 1. The second-order valence-corrected chi connectivity index (χ2v) is 4.47. The van der Waals surface area contributed by atoms with Crippen LogP contribution in [0.3, 0.4) is 0 Å². The molecule has 1 heterocycles. The first-order valence-corrected chi connectivity index (χ1v) is 5.14. The van der Waals surface area contributed by atoms with Gasteiger partial charge < -0.3 is 5.73 Å². The average Bonchev–Trinajstić information content (AvgIpc) is 2.52. The maximum absolute atomic E-state index is 10.8. The van der Waals surface area contributed by atoms with Crippen LogP contribution >= 0.6 is 11.8 Å². The fourth-order valence-corrected chi connectivity index (χ4v) is 1.67. The summed E-state index contributed by atoms with van der Waals surface area (Å²) >= 11 is 1.27. The number of carbonyl (C=O) groups is 1. The summed E-state index contributed by atoms with van der Waals surface area (Å²) in [5, 5.41) is 11.5. The molecule has 6 nitrogen and oxygen atoms in total. The molecule has 0 aliphatic carbocycles. The first kappa shape index (κ1) is 11.0. The van der Waals surface area contributed by atoms with Gasteiger partial charge in [-0.2, -0.15) is 0 Å². The molecule has 78 valence electrons. The van der Waals surface area contributed by atoms with E-state index >= 15 is 0 Å². The van der Waals surface area contributed by atoms with Gasteiger partial charge in [-0.25, -0.2) is 4.68 Å². The van der Waals surface area contributed by atoms with Gasteiger partial charge in [0, 0.05) is 0 Å². The SMILES string of the molecule is CC(C)n1nnnc1S[C@@H](C)C(N)=O. The zero-order valence-electron chi connectivity index (χ0n) is 8.34. The molecule has 2 N–H and O–H groups in total. The summed E-state index contributed by atoms with van der Waals surface area (Å²) in [7, 11) is 0. The van der Waals surface area contributed by atoms with Crippen LogP contribution in [-0.2, 0) is 4.79 Å². The lowest BCUT2D eigenvalue weighted by Crippen LogP contribution is -2.23. The molecular formula is C7H13N5OS. The van der Waals surface area contributed by atoms with Crippen LogP contribution in [0.25, 0.3) is 0 Å². The Morgan fingerprint density at radius 2 is 2.14 bits per heavy atom. The van der Waals surface area contributed by atoms with E-state index in [9.17, 15) is 4.79 Å². The number of aromatic nitrogens is 4. The summed E-state index contributed by atoms with van der Waals surface area (Å²) in [6, 6.07) is 0.174. The lowest BCUT2D eigenvalue weighted by atomic mass is 10.4. The third kappa shape index (κ3) is 2.44. The van der Waals surface area contributed by atoms with Crippen LogP contribution in [0.1, 0.15) is 26.8 Å². The lowest BCUT2D eigenvalue weighted by molar-refractivity contribution is -0.117. The number of hydrogen-bond donors (Lipinski definition) is 1. The topological polar surface area (TPSA) is 86.7 Å². The van der Waals surface area contributed by atoms with E-state index < -0.39 is 0 Å². The summed E-state index contributed by atoms with van der Waals surface area (Å²) in [6.07, 6.45) is 0. The minimum Gasteiger partial charge on any atom is -0.369 e. The van der Waals surface area contributed by atoms with Crippen molar-refractivity contribution >= 4 is 17.7 Å². The summed E-state index contributed by atoms with van der Waals surface area (Å²) in [6.45, 7) is 5.66. The first-order chi connectivity index (χ1) is 6.52. The number of tetrazole rings is 1. The Labute approximate surface area is 86.2 Å². The van der Waals surface area contributed by atoms with Gasteiger partial charge in [0.05, 0.1) is 11.3 Å². The predicted molar refractivity (Wildman–Crippen MR) is 52.7 cm³/mol. The van der Waals surface area contributed by atoms with Crippen molar-refractivity contribution in [3.63, 3.8) is 0 Å². The average molecular weight is 215 g/mol. The highest BCUT2D eigenvalue weighted by molar-refractivity contribution is 8.00. The van der Waals surface area contributed by atoms with Crippen molar-refractivity contribution in [2.75, 3.05) is 0 Å². The Balaban J connectivity index is 2.76. The maximum atomic E-state index is 10.8. The molecule has 0 saturated heterocycles. The highest BCUT2D eigenvalue weighted by atomic mass is 32.2. The molecule has 0 saturated carbocycles. The second kappa shape index (κ2) is 4.41. The van der Waals surface area contributed by atoms with Gasteiger partial charge in [-0.15, -0.1) is 5.10 Å². The van der Waals surface area contributed by atoms with E-state index in [4.69, 9.17) is 5.73 Å². The van der Waals surface area contributed by atoms with Gasteiger partial charge >= 0.3 is 0 Å². The van der Waals surface area contributed by atoms with E-state index in [1.807, 2.05) is 13.8 Å². The second-order valence-electron chi connectivity index (χ2n) is 3.16. The molecule has 1 amide bonds. The highest BCUT2D eigenvalue weighted by Crippen LogP contribution is 2.21.